The van der Waals surface area contributed by atoms with Gasteiger partial charge in [-0.1, -0.05) is 0 Å². The van der Waals surface area contributed by atoms with Crippen LogP contribution in [0.25, 0.3) is 0 Å². The minimum Gasteiger partial charge on any atom is -0.383 e. The molecule has 6 nitrogen and oxygen atoms in total. The molecule has 1 heterocycles. The Morgan fingerprint density at radius 1 is 1.56 bits per heavy atom. The van der Waals surface area contributed by atoms with Gasteiger partial charge in [0.25, 0.3) is 0 Å². The standard InChI is InChI=1S/C10H17N5O/c1-16-5-4-15(8-2-3-8)10-7-12-6-9(13-10)14-11/h6-8H,2-5,11H2,1H3,(H,13,14). The zero-order valence-electron chi connectivity index (χ0n) is 9.39. The monoisotopic (exact) mass is 223 g/mol. The Bertz CT molecular complexity index is 342. The van der Waals surface area contributed by atoms with Crippen LogP contribution < -0.4 is 16.2 Å². The summed E-state index contributed by atoms with van der Waals surface area (Å²) in [5.74, 6) is 6.76. The molecule has 1 aromatic heterocycles. The highest BCUT2D eigenvalue weighted by Gasteiger charge is 2.29. The van der Waals surface area contributed by atoms with E-state index >= 15 is 0 Å². The van der Waals surface area contributed by atoms with Crippen molar-refractivity contribution in [2.24, 2.45) is 5.84 Å². The molecule has 0 bridgehead atoms. The molecule has 1 aliphatic rings. The molecule has 0 aliphatic heterocycles. The molecule has 1 fully saturated rings. The summed E-state index contributed by atoms with van der Waals surface area (Å²) in [5, 5.41) is 0. The third-order valence-corrected chi connectivity index (χ3v) is 2.59. The van der Waals surface area contributed by atoms with Crippen LogP contribution in [0.3, 0.4) is 0 Å². The zero-order valence-corrected chi connectivity index (χ0v) is 9.39. The molecule has 1 aromatic rings. The number of nitrogens with two attached hydrogens (primary N) is 1. The van der Waals surface area contributed by atoms with Crippen LogP contribution >= 0.6 is 0 Å². The van der Waals surface area contributed by atoms with Gasteiger partial charge in [0.15, 0.2) is 5.82 Å². The van der Waals surface area contributed by atoms with Gasteiger partial charge in [0.05, 0.1) is 19.0 Å². The van der Waals surface area contributed by atoms with Gasteiger partial charge in [0.1, 0.15) is 5.82 Å². The van der Waals surface area contributed by atoms with Crippen LogP contribution in [-0.4, -0.2) is 36.3 Å². The highest BCUT2D eigenvalue weighted by molar-refractivity contribution is 5.45. The van der Waals surface area contributed by atoms with Gasteiger partial charge in [-0.05, 0) is 12.8 Å². The summed E-state index contributed by atoms with van der Waals surface area (Å²) in [6.45, 7) is 1.53. The molecular formula is C10H17N5O. The number of hydrogen-bond acceptors (Lipinski definition) is 6. The number of hydrogen-bond donors (Lipinski definition) is 2. The molecule has 16 heavy (non-hydrogen) atoms. The van der Waals surface area contributed by atoms with Gasteiger partial charge >= 0.3 is 0 Å². The van der Waals surface area contributed by atoms with Gasteiger partial charge in [-0.3, -0.25) is 4.98 Å². The van der Waals surface area contributed by atoms with E-state index in [-0.39, 0.29) is 0 Å². The van der Waals surface area contributed by atoms with Crippen molar-refractivity contribution in [3.63, 3.8) is 0 Å². The number of rotatable bonds is 6. The molecule has 0 saturated heterocycles. The van der Waals surface area contributed by atoms with E-state index in [1.165, 1.54) is 12.8 Å². The maximum atomic E-state index is 5.32. The summed E-state index contributed by atoms with van der Waals surface area (Å²) >= 11 is 0. The molecule has 3 N–H and O–H groups in total. The number of nitrogens with zero attached hydrogens (tertiary/aromatic N) is 3. The third kappa shape index (κ3) is 2.59. The fourth-order valence-electron chi connectivity index (χ4n) is 1.62. The van der Waals surface area contributed by atoms with Crippen LogP contribution in [-0.2, 0) is 4.74 Å². The van der Waals surface area contributed by atoms with Gasteiger partial charge in [-0.2, -0.15) is 0 Å². The third-order valence-electron chi connectivity index (χ3n) is 2.59. The van der Waals surface area contributed by atoms with E-state index in [2.05, 4.69) is 20.3 Å². The first-order valence-corrected chi connectivity index (χ1v) is 5.39. The molecule has 1 saturated carbocycles. The SMILES string of the molecule is COCCN(c1cncc(NN)n1)C1CC1. The average molecular weight is 223 g/mol. The predicted octanol–water partition coefficient (Wildman–Crippen LogP) is 0.377. The second kappa shape index (κ2) is 5.09. The molecule has 6 heteroatoms. The molecule has 0 amide bonds. The quantitative estimate of drug-likeness (QED) is 0.536. The number of anilines is 2. The van der Waals surface area contributed by atoms with Crippen LogP contribution in [0, 0.1) is 0 Å². The molecule has 0 aromatic carbocycles. The van der Waals surface area contributed by atoms with E-state index in [1.54, 1.807) is 19.5 Å². The van der Waals surface area contributed by atoms with E-state index < -0.39 is 0 Å². The van der Waals surface area contributed by atoms with Crippen molar-refractivity contribution in [2.45, 2.75) is 18.9 Å². The highest BCUT2D eigenvalue weighted by Crippen LogP contribution is 2.30. The van der Waals surface area contributed by atoms with Crippen molar-refractivity contribution < 1.29 is 4.74 Å². The summed E-state index contributed by atoms with van der Waals surface area (Å²) in [6, 6.07) is 0.581. The highest BCUT2D eigenvalue weighted by atomic mass is 16.5. The molecule has 0 unspecified atom stereocenters. The Hall–Kier alpha value is -1.40. The topological polar surface area (TPSA) is 76.3 Å². The lowest BCUT2D eigenvalue weighted by molar-refractivity contribution is 0.204. The predicted molar refractivity (Wildman–Crippen MR) is 62.1 cm³/mol. The number of ether oxygens (including phenoxy) is 1. The molecule has 1 aliphatic carbocycles. The fraction of sp³-hybridized carbons (Fsp3) is 0.600. The maximum Gasteiger partial charge on any atom is 0.160 e. The van der Waals surface area contributed by atoms with E-state index in [1.807, 2.05) is 0 Å². The van der Waals surface area contributed by atoms with Crippen LogP contribution in [0.15, 0.2) is 12.4 Å². The number of hydrazine groups is 1. The molecule has 88 valence electrons. The first-order valence-electron chi connectivity index (χ1n) is 5.39. The Kier molecular flexibility index (Phi) is 3.53. The lowest BCUT2D eigenvalue weighted by Crippen LogP contribution is -2.30. The smallest absolute Gasteiger partial charge is 0.160 e. The van der Waals surface area contributed by atoms with Crippen molar-refractivity contribution >= 4 is 11.6 Å². The van der Waals surface area contributed by atoms with E-state index in [4.69, 9.17) is 10.6 Å². The van der Waals surface area contributed by atoms with Gasteiger partial charge in [0.2, 0.25) is 0 Å². The van der Waals surface area contributed by atoms with E-state index in [0.29, 0.717) is 18.5 Å². The van der Waals surface area contributed by atoms with Gasteiger partial charge in [-0.15, -0.1) is 0 Å². The summed E-state index contributed by atoms with van der Waals surface area (Å²) < 4.78 is 5.10. The molecule has 0 spiro atoms. The average Bonchev–Trinajstić information content (AvgIpc) is 3.14. The van der Waals surface area contributed by atoms with Crippen LogP contribution in [0.2, 0.25) is 0 Å². The van der Waals surface area contributed by atoms with E-state index in [0.717, 1.165) is 12.4 Å². The van der Waals surface area contributed by atoms with Crippen LogP contribution in [0.4, 0.5) is 11.6 Å². The Morgan fingerprint density at radius 3 is 3.00 bits per heavy atom. The number of nitrogen functional groups attached to an aromatic ring is 1. The van der Waals surface area contributed by atoms with Crippen molar-refractivity contribution in [3.8, 4) is 0 Å². The minimum atomic E-state index is 0.581. The lowest BCUT2D eigenvalue weighted by Gasteiger charge is -2.22. The van der Waals surface area contributed by atoms with Crippen LogP contribution in [0.1, 0.15) is 12.8 Å². The summed E-state index contributed by atoms with van der Waals surface area (Å²) in [6.07, 6.45) is 5.79. The number of nitrogens with one attached hydrogen (secondary N) is 1. The summed E-state index contributed by atoms with van der Waals surface area (Å²) in [7, 11) is 1.70. The second-order valence-corrected chi connectivity index (χ2v) is 3.82. The first kappa shape index (κ1) is 11.1. The summed E-state index contributed by atoms with van der Waals surface area (Å²) in [5.41, 5.74) is 2.51. The van der Waals surface area contributed by atoms with Crippen molar-refractivity contribution in [2.75, 3.05) is 30.6 Å². The molecular weight excluding hydrogens is 206 g/mol. The Balaban J connectivity index is 2.10. The number of aromatic nitrogens is 2. The molecule has 0 radical (unpaired) electrons. The maximum absolute atomic E-state index is 5.32. The molecule has 0 atom stereocenters. The van der Waals surface area contributed by atoms with Crippen molar-refractivity contribution in [1.82, 2.24) is 9.97 Å². The number of methoxy groups -OCH3 is 1. The minimum absolute atomic E-state index is 0.581. The normalized spacial score (nSPS) is 14.9. The second-order valence-electron chi connectivity index (χ2n) is 3.82. The Morgan fingerprint density at radius 2 is 2.38 bits per heavy atom. The van der Waals surface area contributed by atoms with Crippen molar-refractivity contribution in [1.29, 1.82) is 0 Å². The van der Waals surface area contributed by atoms with Crippen LogP contribution in [0.5, 0.6) is 0 Å². The fourth-order valence-corrected chi connectivity index (χ4v) is 1.62. The summed E-state index contributed by atoms with van der Waals surface area (Å²) in [4.78, 5) is 10.7. The Labute approximate surface area is 94.8 Å². The zero-order chi connectivity index (χ0) is 11.4. The lowest BCUT2D eigenvalue weighted by atomic mass is 10.4. The van der Waals surface area contributed by atoms with E-state index in [9.17, 15) is 0 Å². The van der Waals surface area contributed by atoms with Gasteiger partial charge in [0, 0.05) is 19.7 Å². The first-order chi connectivity index (χ1) is 7.85. The largest absolute Gasteiger partial charge is 0.383 e. The molecule has 2 rings (SSSR count). The van der Waals surface area contributed by atoms with Crippen molar-refractivity contribution in [3.05, 3.63) is 12.4 Å². The van der Waals surface area contributed by atoms with Gasteiger partial charge in [-0.25, -0.2) is 10.8 Å². The van der Waals surface area contributed by atoms with Gasteiger partial charge < -0.3 is 15.1 Å².